The standard InChI is InChI=1S/C14H15F3N2O3S/c1-20-8-4-10(21-2)9(11(5-8)22-3)6-18-13-19-7-12(23-13)14(15,16)17/h4-5,7H,6H2,1-3H3,(H,18,19). The van der Waals surface area contributed by atoms with Crippen molar-refractivity contribution in [1.82, 2.24) is 4.98 Å². The van der Waals surface area contributed by atoms with Gasteiger partial charge in [0.15, 0.2) is 5.13 Å². The Morgan fingerprint density at radius 3 is 2.13 bits per heavy atom. The van der Waals surface area contributed by atoms with Crippen molar-refractivity contribution in [3.05, 3.63) is 28.8 Å². The largest absolute Gasteiger partial charge is 0.496 e. The normalized spacial score (nSPS) is 11.2. The van der Waals surface area contributed by atoms with Gasteiger partial charge in [0.05, 0.1) is 33.1 Å². The van der Waals surface area contributed by atoms with Crippen molar-refractivity contribution in [2.45, 2.75) is 12.7 Å². The first kappa shape index (κ1) is 17.2. The number of hydrogen-bond donors (Lipinski definition) is 1. The predicted octanol–water partition coefficient (Wildman–Crippen LogP) is 3.80. The first-order valence-electron chi connectivity index (χ1n) is 6.44. The monoisotopic (exact) mass is 348 g/mol. The zero-order chi connectivity index (χ0) is 17.0. The fraction of sp³-hybridized carbons (Fsp3) is 0.357. The van der Waals surface area contributed by atoms with Gasteiger partial charge in [-0.1, -0.05) is 11.3 Å². The van der Waals surface area contributed by atoms with E-state index in [9.17, 15) is 13.2 Å². The number of rotatable bonds is 6. The van der Waals surface area contributed by atoms with E-state index in [1.54, 1.807) is 12.1 Å². The highest BCUT2D eigenvalue weighted by Crippen LogP contribution is 2.37. The third-order valence-electron chi connectivity index (χ3n) is 3.02. The summed E-state index contributed by atoms with van der Waals surface area (Å²) in [6, 6.07) is 3.34. The molecule has 1 aromatic heterocycles. The number of halogens is 3. The molecule has 0 radical (unpaired) electrons. The van der Waals surface area contributed by atoms with Gasteiger partial charge in [-0.25, -0.2) is 4.98 Å². The third kappa shape index (κ3) is 3.98. The SMILES string of the molecule is COc1cc(OC)c(CNc2ncc(C(F)(F)F)s2)c(OC)c1. The van der Waals surface area contributed by atoms with Crippen LogP contribution in [0.3, 0.4) is 0 Å². The number of methoxy groups -OCH3 is 3. The quantitative estimate of drug-likeness (QED) is 0.861. The summed E-state index contributed by atoms with van der Waals surface area (Å²) in [6.45, 7) is 0.196. The van der Waals surface area contributed by atoms with Gasteiger partial charge < -0.3 is 19.5 Å². The molecule has 5 nitrogen and oxygen atoms in total. The second kappa shape index (κ2) is 6.95. The molecule has 2 aromatic rings. The molecule has 0 saturated heterocycles. The van der Waals surface area contributed by atoms with Crippen molar-refractivity contribution in [3.63, 3.8) is 0 Å². The van der Waals surface area contributed by atoms with Gasteiger partial charge in [0.1, 0.15) is 22.1 Å². The van der Waals surface area contributed by atoms with Crippen molar-refractivity contribution in [2.24, 2.45) is 0 Å². The fourth-order valence-electron chi connectivity index (χ4n) is 1.90. The molecule has 0 aliphatic rings. The molecule has 1 heterocycles. The second-order valence-electron chi connectivity index (χ2n) is 4.39. The minimum atomic E-state index is -4.40. The molecule has 1 aromatic carbocycles. The van der Waals surface area contributed by atoms with Crippen molar-refractivity contribution in [2.75, 3.05) is 26.6 Å². The Kier molecular flexibility index (Phi) is 5.19. The predicted molar refractivity (Wildman–Crippen MR) is 80.5 cm³/mol. The van der Waals surface area contributed by atoms with E-state index in [0.29, 0.717) is 34.1 Å². The number of benzene rings is 1. The average molecular weight is 348 g/mol. The lowest BCUT2D eigenvalue weighted by molar-refractivity contribution is -0.134. The van der Waals surface area contributed by atoms with Crippen LogP contribution in [-0.4, -0.2) is 26.3 Å². The van der Waals surface area contributed by atoms with Gasteiger partial charge in [-0.3, -0.25) is 0 Å². The Morgan fingerprint density at radius 2 is 1.70 bits per heavy atom. The molecule has 0 atom stereocenters. The number of anilines is 1. The van der Waals surface area contributed by atoms with E-state index in [-0.39, 0.29) is 11.7 Å². The van der Waals surface area contributed by atoms with E-state index < -0.39 is 11.1 Å². The van der Waals surface area contributed by atoms with Gasteiger partial charge in [0.25, 0.3) is 0 Å². The van der Waals surface area contributed by atoms with Gasteiger partial charge in [0.2, 0.25) is 0 Å². The van der Waals surface area contributed by atoms with E-state index in [4.69, 9.17) is 14.2 Å². The van der Waals surface area contributed by atoms with Crippen LogP contribution in [0.5, 0.6) is 17.2 Å². The second-order valence-corrected chi connectivity index (χ2v) is 5.42. The molecule has 0 aliphatic carbocycles. The lowest BCUT2D eigenvalue weighted by Gasteiger charge is -2.15. The van der Waals surface area contributed by atoms with Gasteiger partial charge in [0, 0.05) is 18.7 Å². The molecular formula is C14H15F3N2O3S. The maximum Gasteiger partial charge on any atom is 0.427 e. The third-order valence-corrected chi connectivity index (χ3v) is 4.02. The number of thiazole rings is 1. The highest BCUT2D eigenvalue weighted by molar-refractivity contribution is 7.15. The fourth-order valence-corrected chi connectivity index (χ4v) is 2.58. The van der Waals surface area contributed by atoms with E-state index in [0.717, 1.165) is 6.20 Å². The van der Waals surface area contributed by atoms with Crippen LogP contribution in [0.4, 0.5) is 18.3 Å². The molecule has 23 heavy (non-hydrogen) atoms. The van der Waals surface area contributed by atoms with Crippen molar-refractivity contribution in [1.29, 1.82) is 0 Å². The summed E-state index contributed by atoms with van der Waals surface area (Å²) in [6.07, 6.45) is -3.59. The molecule has 0 spiro atoms. The summed E-state index contributed by atoms with van der Waals surface area (Å²) in [7, 11) is 4.49. The number of aromatic nitrogens is 1. The van der Waals surface area contributed by atoms with Crippen LogP contribution in [0.15, 0.2) is 18.3 Å². The average Bonchev–Trinajstić information content (AvgIpc) is 3.01. The lowest BCUT2D eigenvalue weighted by Crippen LogP contribution is -2.04. The van der Waals surface area contributed by atoms with Crippen molar-refractivity contribution >= 4 is 16.5 Å². The van der Waals surface area contributed by atoms with Gasteiger partial charge in [-0.05, 0) is 0 Å². The molecule has 126 valence electrons. The van der Waals surface area contributed by atoms with Crippen LogP contribution < -0.4 is 19.5 Å². The minimum Gasteiger partial charge on any atom is -0.496 e. The van der Waals surface area contributed by atoms with Gasteiger partial charge in [-0.15, -0.1) is 0 Å². The van der Waals surface area contributed by atoms with E-state index in [1.165, 1.54) is 21.3 Å². The summed E-state index contributed by atoms with van der Waals surface area (Å²) in [5, 5.41) is 3.01. The highest BCUT2D eigenvalue weighted by Gasteiger charge is 2.33. The highest BCUT2D eigenvalue weighted by atomic mass is 32.1. The van der Waals surface area contributed by atoms with Gasteiger partial charge in [-0.2, -0.15) is 13.2 Å². The van der Waals surface area contributed by atoms with Crippen LogP contribution in [0.25, 0.3) is 0 Å². The number of nitrogens with one attached hydrogen (secondary N) is 1. The molecule has 2 rings (SSSR count). The summed E-state index contributed by atoms with van der Waals surface area (Å²) in [5.41, 5.74) is 0.652. The molecule has 1 N–H and O–H groups in total. The van der Waals surface area contributed by atoms with E-state index in [2.05, 4.69) is 10.3 Å². The summed E-state index contributed by atoms with van der Waals surface area (Å²) in [5.74, 6) is 1.55. The Labute approximate surface area is 135 Å². The maximum absolute atomic E-state index is 12.6. The lowest BCUT2D eigenvalue weighted by atomic mass is 10.1. The van der Waals surface area contributed by atoms with Crippen LogP contribution in [0, 0.1) is 0 Å². The van der Waals surface area contributed by atoms with Crippen LogP contribution in [-0.2, 0) is 12.7 Å². The summed E-state index contributed by atoms with van der Waals surface area (Å²) >= 11 is 0.540. The molecule has 0 aliphatic heterocycles. The Balaban J connectivity index is 2.21. The van der Waals surface area contributed by atoms with Crippen LogP contribution in [0.2, 0.25) is 0 Å². The smallest absolute Gasteiger partial charge is 0.427 e. The molecule has 0 fully saturated rings. The first-order chi connectivity index (χ1) is 10.9. The Morgan fingerprint density at radius 1 is 1.09 bits per heavy atom. The molecular weight excluding hydrogens is 333 g/mol. The molecule has 0 bridgehead atoms. The Bertz CT molecular complexity index is 649. The molecule has 0 saturated carbocycles. The molecule has 0 unspecified atom stereocenters. The molecule has 0 amide bonds. The summed E-state index contributed by atoms with van der Waals surface area (Å²) in [4.78, 5) is 2.97. The van der Waals surface area contributed by atoms with Crippen LogP contribution in [0.1, 0.15) is 10.4 Å². The van der Waals surface area contributed by atoms with Crippen molar-refractivity contribution in [3.8, 4) is 17.2 Å². The Hall–Kier alpha value is -2.16. The minimum absolute atomic E-state index is 0.164. The summed E-state index contributed by atoms with van der Waals surface area (Å²) < 4.78 is 53.4. The zero-order valence-corrected chi connectivity index (χ0v) is 13.5. The topological polar surface area (TPSA) is 52.6 Å². The number of alkyl halides is 3. The van der Waals surface area contributed by atoms with Crippen LogP contribution >= 0.6 is 11.3 Å². The molecule has 9 heteroatoms. The first-order valence-corrected chi connectivity index (χ1v) is 7.26. The van der Waals surface area contributed by atoms with Crippen molar-refractivity contribution < 1.29 is 27.4 Å². The number of ether oxygens (including phenoxy) is 3. The van der Waals surface area contributed by atoms with E-state index in [1.807, 2.05) is 0 Å². The van der Waals surface area contributed by atoms with Gasteiger partial charge >= 0.3 is 6.18 Å². The number of nitrogens with zero attached hydrogens (tertiary/aromatic N) is 1. The number of hydrogen-bond acceptors (Lipinski definition) is 6. The van der Waals surface area contributed by atoms with E-state index >= 15 is 0 Å². The maximum atomic E-state index is 12.6. The zero-order valence-electron chi connectivity index (χ0n) is 12.7.